The number of carbonyl (C=O) groups is 1. The number of nitrogens with one attached hydrogen (secondary N) is 1. The Morgan fingerprint density at radius 3 is 2.67 bits per heavy atom. The number of halogens is 1. The predicted octanol–water partition coefficient (Wildman–Crippen LogP) is 4.26. The Balaban J connectivity index is 1.38. The molecule has 1 aliphatic rings. The van der Waals surface area contributed by atoms with E-state index in [-0.39, 0.29) is 17.5 Å². The zero-order chi connectivity index (χ0) is 21.1. The molecule has 1 aromatic heterocycles. The summed E-state index contributed by atoms with van der Waals surface area (Å²) in [6, 6.07) is 12.6. The van der Waals surface area contributed by atoms with Crippen LogP contribution >= 0.6 is 11.8 Å². The van der Waals surface area contributed by atoms with Gasteiger partial charge in [0.25, 0.3) is 0 Å². The molecule has 1 aliphatic heterocycles. The summed E-state index contributed by atoms with van der Waals surface area (Å²) in [7, 11) is 1.77. The fourth-order valence-electron chi connectivity index (χ4n) is 3.59. The molecule has 4 rings (SSSR count). The standard InChI is InChI=1S/C22H24FN5OS/c1-15-13-16(28-11-5-6-12-28)9-10-19(15)24-20(29)14-30-22-26-25-21(27(22)2)17-7-3-4-8-18(17)23/h3-4,7-10,13H,5-6,11-12,14H2,1-2H3,(H,24,29). The molecule has 0 saturated carbocycles. The van der Waals surface area contributed by atoms with Crippen molar-refractivity contribution in [1.82, 2.24) is 14.8 Å². The van der Waals surface area contributed by atoms with Gasteiger partial charge in [-0.15, -0.1) is 10.2 Å². The highest BCUT2D eigenvalue weighted by atomic mass is 32.2. The third-order valence-electron chi connectivity index (χ3n) is 5.24. The molecular weight excluding hydrogens is 401 g/mol. The van der Waals surface area contributed by atoms with Crippen molar-refractivity contribution in [3.05, 3.63) is 53.8 Å². The second-order valence-electron chi connectivity index (χ2n) is 7.38. The maximum absolute atomic E-state index is 14.0. The van der Waals surface area contributed by atoms with Gasteiger partial charge in [-0.05, 0) is 55.7 Å². The van der Waals surface area contributed by atoms with Crippen molar-refractivity contribution in [2.24, 2.45) is 7.05 Å². The molecule has 8 heteroatoms. The molecule has 2 heterocycles. The Labute approximate surface area is 179 Å². The molecule has 1 amide bonds. The van der Waals surface area contributed by atoms with Crippen LogP contribution in [0.25, 0.3) is 11.4 Å². The molecule has 1 saturated heterocycles. The largest absolute Gasteiger partial charge is 0.372 e. The molecule has 0 bridgehead atoms. The fraction of sp³-hybridized carbons (Fsp3) is 0.318. The zero-order valence-electron chi connectivity index (χ0n) is 17.1. The number of aryl methyl sites for hydroxylation is 1. The summed E-state index contributed by atoms with van der Waals surface area (Å²) in [5.74, 6) is 0.156. The molecule has 3 aromatic rings. The summed E-state index contributed by atoms with van der Waals surface area (Å²) in [6.45, 7) is 4.19. The lowest BCUT2D eigenvalue weighted by Crippen LogP contribution is -2.18. The number of carbonyl (C=O) groups excluding carboxylic acids is 1. The van der Waals surface area contributed by atoms with E-state index in [1.165, 1.54) is 36.4 Å². The molecule has 0 atom stereocenters. The minimum absolute atomic E-state index is 0.118. The van der Waals surface area contributed by atoms with Gasteiger partial charge in [0.2, 0.25) is 5.91 Å². The smallest absolute Gasteiger partial charge is 0.234 e. The summed E-state index contributed by atoms with van der Waals surface area (Å²) in [5, 5.41) is 11.7. The van der Waals surface area contributed by atoms with Gasteiger partial charge in [0.1, 0.15) is 5.82 Å². The van der Waals surface area contributed by atoms with Gasteiger partial charge in [-0.3, -0.25) is 4.79 Å². The average molecular weight is 426 g/mol. The molecule has 2 aromatic carbocycles. The Morgan fingerprint density at radius 2 is 1.93 bits per heavy atom. The molecule has 1 N–H and O–H groups in total. The molecule has 0 unspecified atom stereocenters. The molecular formula is C22H24FN5OS. The first-order valence-corrected chi connectivity index (χ1v) is 10.9. The van der Waals surface area contributed by atoms with Crippen LogP contribution in [0.2, 0.25) is 0 Å². The van der Waals surface area contributed by atoms with Gasteiger partial charge >= 0.3 is 0 Å². The summed E-state index contributed by atoms with van der Waals surface area (Å²) >= 11 is 1.27. The summed E-state index contributed by atoms with van der Waals surface area (Å²) < 4.78 is 15.7. The van der Waals surface area contributed by atoms with E-state index in [2.05, 4.69) is 32.5 Å². The quantitative estimate of drug-likeness (QED) is 0.598. The van der Waals surface area contributed by atoms with Gasteiger partial charge in [-0.25, -0.2) is 4.39 Å². The molecule has 0 radical (unpaired) electrons. The van der Waals surface area contributed by atoms with E-state index in [0.717, 1.165) is 24.3 Å². The van der Waals surface area contributed by atoms with Gasteiger partial charge in [-0.2, -0.15) is 0 Å². The minimum Gasteiger partial charge on any atom is -0.372 e. The van der Waals surface area contributed by atoms with Crippen LogP contribution in [0.3, 0.4) is 0 Å². The molecule has 0 aliphatic carbocycles. The van der Waals surface area contributed by atoms with Crippen LogP contribution in [0.5, 0.6) is 0 Å². The lowest BCUT2D eigenvalue weighted by molar-refractivity contribution is -0.113. The molecule has 1 fully saturated rings. The fourth-order valence-corrected chi connectivity index (χ4v) is 4.31. The Morgan fingerprint density at radius 1 is 1.17 bits per heavy atom. The van der Waals surface area contributed by atoms with Crippen LogP contribution in [0.4, 0.5) is 15.8 Å². The summed E-state index contributed by atoms with van der Waals surface area (Å²) in [6.07, 6.45) is 2.46. The number of rotatable bonds is 6. The van der Waals surface area contributed by atoms with E-state index in [0.29, 0.717) is 16.5 Å². The summed E-state index contributed by atoms with van der Waals surface area (Å²) in [5.41, 5.74) is 3.45. The number of hydrogen-bond donors (Lipinski definition) is 1. The first kappa shape index (κ1) is 20.4. The van der Waals surface area contributed by atoms with Crippen LogP contribution < -0.4 is 10.2 Å². The van der Waals surface area contributed by atoms with E-state index in [1.54, 1.807) is 29.8 Å². The van der Waals surface area contributed by atoms with E-state index in [9.17, 15) is 9.18 Å². The SMILES string of the molecule is Cc1cc(N2CCCC2)ccc1NC(=O)CSc1nnc(-c2ccccc2F)n1C. The van der Waals surface area contributed by atoms with Gasteiger partial charge in [0, 0.05) is 31.5 Å². The van der Waals surface area contributed by atoms with Crippen molar-refractivity contribution in [3.8, 4) is 11.4 Å². The number of nitrogens with zero attached hydrogens (tertiary/aromatic N) is 4. The van der Waals surface area contributed by atoms with Crippen molar-refractivity contribution in [2.45, 2.75) is 24.9 Å². The van der Waals surface area contributed by atoms with Gasteiger partial charge < -0.3 is 14.8 Å². The van der Waals surface area contributed by atoms with Crippen LogP contribution in [-0.2, 0) is 11.8 Å². The minimum atomic E-state index is -0.352. The lowest BCUT2D eigenvalue weighted by atomic mass is 10.1. The lowest BCUT2D eigenvalue weighted by Gasteiger charge is -2.19. The van der Waals surface area contributed by atoms with E-state index < -0.39 is 0 Å². The van der Waals surface area contributed by atoms with Crippen molar-refractivity contribution in [2.75, 3.05) is 29.1 Å². The van der Waals surface area contributed by atoms with E-state index in [1.807, 2.05) is 13.0 Å². The number of thioether (sulfide) groups is 1. The summed E-state index contributed by atoms with van der Waals surface area (Å²) in [4.78, 5) is 14.8. The zero-order valence-corrected chi connectivity index (χ0v) is 17.9. The van der Waals surface area contributed by atoms with Crippen molar-refractivity contribution < 1.29 is 9.18 Å². The van der Waals surface area contributed by atoms with Gasteiger partial charge in [0.05, 0.1) is 11.3 Å². The van der Waals surface area contributed by atoms with Crippen molar-refractivity contribution >= 4 is 29.0 Å². The number of aromatic nitrogens is 3. The highest BCUT2D eigenvalue weighted by molar-refractivity contribution is 7.99. The van der Waals surface area contributed by atoms with E-state index in [4.69, 9.17) is 0 Å². The van der Waals surface area contributed by atoms with Crippen LogP contribution in [0.1, 0.15) is 18.4 Å². The second kappa shape index (κ2) is 8.87. The second-order valence-corrected chi connectivity index (χ2v) is 8.32. The number of amides is 1. The molecule has 6 nitrogen and oxygen atoms in total. The van der Waals surface area contributed by atoms with Crippen molar-refractivity contribution in [3.63, 3.8) is 0 Å². The predicted molar refractivity (Wildman–Crippen MR) is 118 cm³/mol. The maximum atomic E-state index is 14.0. The monoisotopic (exact) mass is 425 g/mol. The normalized spacial score (nSPS) is 13.6. The first-order chi connectivity index (χ1) is 14.5. The molecule has 30 heavy (non-hydrogen) atoms. The molecule has 0 spiro atoms. The number of hydrogen-bond acceptors (Lipinski definition) is 5. The van der Waals surface area contributed by atoms with Crippen LogP contribution in [0, 0.1) is 12.7 Å². The van der Waals surface area contributed by atoms with Crippen LogP contribution in [0.15, 0.2) is 47.6 Å². The van der Waals surface area contributed by atoms with Gasteiger partial charge in [-0.1, -0.05) is 23.9 Å². The van der Waals surface area contributed by atoms with E-state index >= 15 is 0 Å². The third kappa shape index (κ3) is 4.33. The van der Waals surface area contributed by atoms with Crippen molar-refractivity contribution in [1.29, 1.82) is 0 Å². The van der Waals surface area contributed by atoms with Crippen LogP contribution in [-0.4, -0.2) is 39.5 Å². The maximum Gasteiger partial charge on any atom is 0.234 e. The third-order valence-corrected chi connectivity index (χ3v) is 6.26. The Kier molecular flexibility index (Phi) is 6.03. The number of benzene rings is 2. The highest BCUT2D eigenvalue weighted by Crippen LogP contribution is 2.27. The number of anilines is 2. The Bertz CT molecular complexity index is 1060. The topological polar surface area (TPSA) is 63.1 Å². The molecule has 156 valence electrons. The highest BCUT2D eigenvalue weighted by Gasteiger charge is 2.16. The Hall–Kier alpha value is -2.87. The first-order valence-electron chi connectivity index (χ1n) is 9.95. The average Bonchev–Trinajstić information content (AvgIpc) is 3.39. The van der Waals surface area contributed by atoms with Gasteiger partial charge in [0.15, 0.2) is 11.0 Å².